The maximum absolute atomic E-state index is 5.15. The smallest absolute Gasteiger partial charge is 0.141 e. The summed E-state index contributed by atoms with van der Waals surface area (Å²) < 4.78 is 2.34. The van der Waals surface area contributed by atoms with Gasteiger partial charge in [-0.25, -0.2) is 4.98 Å². The number of hydrogen-bond donors (Lipinski definition) is 0. The second-order valence-electron chi connectivity index (χ2n) is 12.5. The van der Waals surface area contributed by atoms with Crippen LogP contribution < -0.4 is 0 Å². The van der Waals surface area contributed by atoms with E-state index in [0.29, 0.717) is 0 Å². The van der Waals surface area contributed by atoms with E-state index in [1.165, 1.54) is 81.3 Å². The van der Waals surface area contributed by atoms with E-state index in [-0.39, 0.29) is 0 Å². The first-order valence-electron chi connectivity index (χ1n) is 16.5. The fraction of sp³-hybridized carbons (Fsp3) is 0.0444. The molecule has 9 aromatic carbocycles. The predicted molar refractivity (Wildman–Crippen MR) is 201 cm³/mol. The van der Waals surface area contributed by atoms with Crippen LogP contribution in [0.5, 0.6) is 0 Å². The molecule has 0 N–H and O–H groups in total. The summed E-state index contributed by atoms with van der Waals surface area (Å²) in [5.41, 5.74) is 5.83. The summed E-state index contributed by atoms with van der Waals surface area (Å²) in [5.74, 6) is 1.02. The highest BCUT2D eigenvalue weighted by Crippen LogP contribution is 2.44. The minimum absolute atomic E-state index is 0.856. The van der Waals surface area contributed by atoms with Gasteiger partial charge in [0.05, 0.1) is 11.0 Å². The lowest BCUT2D eigenvalue weighted by Crippen LogP contribution is -1.98. The number of aryl methyl sites for hydroxylation is 1. The number of benzene rings is 8. The molecule has 0 atom stereocenters. The monoisotopic (exact) mass is 598 g/mol. The van der Waals surface area contributed by atoms with Crippen LogP contribution in [0.15, 0.2) is 152 Å². The van der Waals surface area contributed by atoms with Gasteiger partial charge in [0.25, 0.3) is 0 Å². The molecular weight excluding hydrogens is 569 g/mol. The number of hydrogen-bond acceptors (Lipinski definition) is 1. The molecule has 2 nitrogen and oxygen atoms in total. The first kappa shape index (κ1) is 26.2. The van der Waals surface area contributed by atoms with Gasteiger partial charge in [0.1, 0.15) is 5.82 Å². The molecule has 0 bridgehead atoms. The van der Waals surface area contributed by atoms with Gasteiger partial charge in [0.2, 0.25) is 0 Å². The Balaban J connectivity index is 1.38. The van der Waals surface area contributed by atoms with Crippen molar-refractivity contribution in [3.8, 4) is 22.5 Å². The molecule has 47 heavy (non-hydrogen) atoms. The molecule has 10 rings (SSSR count). The number of fused-ring (bicyclic) bond motifs is 7. The van der Waals surface area contributed by atoms with Gasteiger partial charge in [-0.2, -0.15) is 0 Å². The van der Waals surface area contributed by atoms with E-state index in [4.69, 9.17) is 4.98 Å². The third-order valence-corrected chi connectivity index (χ3v) is 10.2. The predicted octanol–water partition coefficient (Wildman–Crippen LogP) is 12.3. The van der Waals surface area contributed by atoms with Crippen molar-refractivity contribution in [2.45, 2.75) is 13.5 Å². The maximum atomic E-state index is 5.15. The van der Waals surface area contributed by atoms with E-state index < -0.39 is 0 Å². The Labute approximate surface area is 272 Å². The number of nitrogens with zero attached hydrogens (tertiary/aromatic N) is 2. The van der Waals surface area contributed by atoms with Gasteiger partial charge in [0.15, 0.2) is 0 Å². The zero-order chi connectivity index (χ0) is 31.1. The Morgan fingerprint density at radius 1 is 0.404 bits per heavy atom. The van der Waals surface area contributed by atoms with E-state index in [1.807, 2.05) is 0 Å². The first-order valence-corrected chi connectivity index (χ1v) is 16.5. The van der Waals surface area contributed by atoms with Crippen molar-refractivity contribution in [3.63, 3.8) is 0 Å². The van der Waals surface area contributed by atoms with Crippen LogP contribution in [0.2, 0.25) is 0 Å². The molecule has 220 valence electrons. The fourth-order valence-corrected chi connectivity index (χ4v) is 8.16. The van der Waals surface area contributed by atoms with E-state index >= 15 is 0 Å². The summed E-state index contributed by atoms with van der Waals surface area (Å²) in [6, 6.07) is 55.8. The Morgan fingerprint density at radius 2 is 0.915 bits per heavy atom. The maximum Gasteiger partial charge on any atom is 0.141 e. The van der Waals surface area contributed by atoms with Crippen LogP contribution in [0.25, 0.3) is 98.2 Å². The lowest BCUT2D eigenvalue weighted by molar-refractivity contribution is 0.797. The Morgan fingerprint density at radius 3 is 1.64 bits per heavy atom. The average Bonchev–Trinajstić information content (AvgIpc) is 3.51. The van der Waals surface area contributed by atoms with E-state index in [9.17, 15) is 0 Å². The number of aromatic nitrogens is 2. The molecule has 0 amide bonds. The average molecular weight is 599 g/mol. The highest BCUT2D eigenvalue weighted by atomic mass is 15.1. The molecule has 0 aliphatic rings. The van der Waals surface area contributed by atoms with Gasteiger partial charge in [-0.15, -0.1) is 0 Å². The van der Waals surface area contributed by atoms with Crippen LogP contribution in [0.1, 0.15) is 6.92 Å². The van der Waals surface area contributed by atoms with Crippen molar-refractivity contribution in [2.24, 2.45) is 0 Å². The van der Waals surface area contributed by atoms with Gasteiger partial charge in [-0.1, -0.05) is 133 Å². The van der Waals surface area contributed by atoms with Gasteiger partial charge in [-0.3, -0.25) is 0 Å². The zero-order valence-corrected chi connectivity index (χ0v) is 26.0. The third kappa shape index (κ3) is 3.70. The topological polar surface area (TPSA) is 17.8 Å². The second kappa shape index (κ2) is 10.0. The van der Waals surface area contributed by atoms with Crippen LogP contribution in [0.3, 0.4) is 0 Å². The van der Waals surface area contributed by atoms with Crippen LogP contribution in [-0.4, -0.2) is 9.55 Å². The van der Waals surface area contributed by atoms with Gasteiger partial charge in [0, 0.05) is 12.1 Å². The summed E-state index contributed by atoms with van der Waals surface area (Å²) in [7, 11) is 0. The quantitative estimate of drug-likeness (QED) is 0.185. The van der Waals surface area contributed by atoms with E-state index in [2.05, 4.69) is 163 Å². The summed E-state index contributed by atoms with van der Waals surface area (Å²) in [5, 5.41) is 15.3. The third-order valence-electron chi connectivity index (χ3n) is 10.2. The van der Waals surface area contributed by atoms with E-state index in [1.54, 1.807) is 0 Å². The van der Waals surface area contributed by atoms with Crippen LogP contribution in [0.4, 0.5) is 0 Å². The molecular formula is C45H30N2. The molecule has 0 radical (unpaired) electrons. The van der Waals surface area contributed by atoms with Gasteiger partial charge in [-0.05, 0) is 101 Å². The largest absolute Gasteiger partial charge is 0.324 e. The fourth-order valence-electron chi connectivity index (χ4n) is 8.16. The number of para-hydroxylation sites is 2. The Hall–Kier alpha value is -5.99. The molecule has 0 aliphatic heterocycles. The van der Waals surface area contributed by atoms with Crippen molar-refractivity contribution < 1.29 is 0 Å². The van der Waals surface area contributed by atoms with Crippen molar-refractivity contribution in [2.75, 3.05) is 0 Å². The summed E-state index contributed by atoms with van der Waals surface area (Å²) >= 11 is 0. The molecule has 1 aromatic heterocycles. The normalized spacial score (nSPS) is 12.0. The van der Waals surface area contributed by atoms with Crippen molar-refractivity contribution >= 4 is 75.7 Å². The highest BCUT2D eigenvalue weighted by Gasteiger charge is 2.19. The van der Waals surface area contributed by atoms with Crippen molar-refractivity contribution in [1.82, 2.24) is 9.55 Å². The Kier molecular flexibility index (Phi) is 5.59. The summed E-state index contributed by atoms with van der Waals surface area (Å²) in [4.78, 5) is 5.15. The van der Waals surface area contributed by atoms with Crippen molar-refractivity contribution in [3.05, 3.63) is 152 Å². The van der Waals surface area contributed by atoms with E-state index in [0.717, 1.165) is 23.4 Å². The molecule has 2 heteroatoms. The number of imidazole rings is 1. The van der Waals surface area contributed by atoms with Gasteiger partial charge >= 0.3 is 0 Å². The molecule has 1 heterocycles. The van der Waals surface area contributed by atoms with Crippen LogP contribution >= 0.6 is 0 Å². The number of rotatable bonds is 3. The molecule has 0 fully saturated rings. The zero-order valence-electron chi connectivity index (χ0n) is 26.0. The molecule has 0 saturated carbocycles. The molecule has 0 spiro atoms. The van der Waals surface area contributed by atoms with Crippen LogP contribution in [0, 0.1) is 0 Å². The standard InChI is InChI=1S/C45H30N2/c1-2-47-41-23-8-7-22-40(41)46-45(47)39-27-26-33(30-14-3-4-15-31(30)39)36-20-11-21-38-37-19-10-13-29-25-24-28-12-9-18-34(42(28)43(29)37)32-16-5-6-17-35(32)44(36)38/h3-27H,2H2,1H3. The summed E-state index contributed by atoms with van der Waals surface area (Å²) in [6.07, 6.45) is 0. The lowest BCUT2D eigenvalue weighted by atomic mass is 9.86. The van der Waals surface area contributed by atoms with Crippen molar-refractivity contribution in [1.29, 1.82) is 0 Å². The van der Waals surface area contributed by atoms with Crippen LogP contribution in [-0.2, 0) is 6.54 Å². The molecule has 0 aliphatic carbocycles. The molecule has 10 aromatic rings. The molecule has 0 saturated heterocycles. The minimum Gasteiger partial charge on any atom is -0.324 e. The molecule has 0 unspecified atom stereocenters. The summed E-state index contributed by atoms with van der Waals surface area (Å²) in [6.45, 7) is 3.06. The second-order valence-corrected chi connectivity index (χ2v) is 12.5. The Bertz CT molecular complexity index is 2890. The highest BCUT2D eigenvalue weighted by molar-refractivity contribution is 6.34. The first-order chi connectivity index (χ1) is 23.3. The van der Waals surface area contributed by atoms with Gasteiger partial charge < -0.3 is 4.57 Å². The SMILES string of the molecule is CCn1c(-c2ccc(-c3cccc4c5cccc6ccc7cccc(c8ccccc8c34)c7c65)c3ccccc23)nc2ccccc21. The lowest BCUT2D eigenvalue weighted by Gasteiger charge is -2.17. The minimum atomic E-state index is 0.856.